The molecule has 0 radical (unpaired) electrons. The van der Waals surface area contributed by atoms with Gasteiger partial charge in [-0.2, -0.15) is 0 Å². The van der Waals surface area contributed by atoms with Crippen LogP contribution in [0.2, 0.25) is 0 Å². The summed E-state index contributed by atoms with van der Waals surface area (Å²) in [6, 6.07) is 16.8. The van der Waals surface area contributed by atoms with Crippen molar-refractivity contribution in [3.05, 3.63) is 71.4 Å². The molecule has 2 aromatic carbocycles. The number of aliphatic hydroxyl groups excluding tert-OH is 1. The number of fused-ring (bicyclic) bond motifs is 1. The van der Waals surface area contributed by atoms with Crippen LogP contribution in [0.3, 0.4) is 0 Å². The van der Waals surface area contributed by atoms with Crippen LogP contribution < -0.4 is 0 Å². The zero-order chi connectivity index (χ0) is 13.2. The molecule has 2 heteroatoms. The standard InChI is InChI=1S/C17H17NO/c1-13-2-4-14(5-3-13)11-18-9-8-16-10-15(12-19)6-7-17(16)18/h2-10,19H,11-12H2,1H3. The van der Waals surface area contributed by atoms with E-state index in [1.165, 1.54) is 22.0 Å². The highest BCUT2D eigenvalue weighted by Gasteiger charge is 2.02. The zero-order valence-electron chi connectivity index (χ0n) is 11.0. The molecule has 19 heavy (non-hydrogen) atoms. The Kier molecular flexibility index (Phi) is 3.10. The van der Waals surface area contributed by atoms with Gasteiger partial charge in [0.15, 0.2) is 0 Å². The molecule has 0 bridgehead atoms. The third-order valence-corrected chi connectivity index (χ3v) is 3.49. The second-order valence-corrected chi connectivity index (χ2v) is 4.98. The predicted octanol–water partition coefficient (Wildman–Crippen LogP) is 3.49. The van der Waals surface area contributed by atoms with Crippen molar-refractivity contribution in [2.45, 2.75) is 20.1 Å². The van der Waals surface area contributed by atoms with Crippen LogP contribution >= 0.6 is 0 Å². The fourth-order valence-electron chi connectivity index (χ4n) is 2.38. The van der Waals surface area contributed by atoms with E-state index < -0.39 is 0 Å². The maximum atomic E-state index is 9.16. The van der Waals surface area contributed by atoms with Crippen molar-refractivity contribution >= 4 is 10.9 Å². The summed E-state index contributed by atoms with van der Waals surface area (Å²) < 4.78 is 2.24. The summed E-state index contributed by atoms with van der Waals surface area (Å²) in [5.41, 5.74) is 4.75. The number of rotatable bonds is 3. The van der Waals surface area contributed by atoms with E-state index in [1.807, 2.05) is 12.1 Å². The molecule has 0 fully saturated rings. The number of hydrogen-bond donors (Lipinski definition) is 1. The lowest BCUT2D eigenvalue weighted by atomic mass is 10.1. The van der Waals surface area contributed by atoms with Gasteiger partial charge in [0, 0.05) is 18.3 Å². The lowest BCUT2D eigenvalue weighted by Gasteiger charge is -2.06. The van der Waals surface area contributed by atoms with Gasteiger partial charge in [0.1, 0.15) is 0 Å². The second kappa shape index (κ2) is 4.90. The van der Waals surface area contributed by atoms with Crippen molar-refractivity contribution in [3.8, 4) is 0 Å². The molecule has 0 aliphatic heterocycles. The fraction of sp³-hybridized carbons (Fsp3) is 0.176. The molecule has 1 N–H and O–H groups in total. The van der Waals surface area contributed by atoms with Crippen molar-refractivity contribution in [1.29, 1.82) is 0 Å². The molecule has 0 aliphatic rings. The SMILES string of the molecule is Cc1ccc(Cn2ccc3cc(CO)ccc32)cc1. The summed E-state index contributed by atoms with van der Waals surface area (Å²) in [5, 5.41) is 10.3. The first-order valence-electron chi connectivity index (χ1n) is 6.50. The lowest BCUT2D eigenvalue weighted by molar-refractivity contribution is 0.282. The molecular formula is C17H17NO. The first kappa shape index (κ1) is 12.0. The monoisotopic (exact) mass is 251 g/mol. The summed E-state index contributed by atoms with van der Waals surface area (Å²) in [5.74, 6) is 0. The Morgan fingerprint density at radius 1 is 0.947 bits per heavy atom. The van der Waals surface area contributed by atoms with Crippen molar-refractivity contribution in [2.24, 2.45) is 0 Å². The van der Waals surface area contributed by atoms with Gasteiger partial charge in [-0.15, -0.1) is 0 Å². The van der Waals surface area contributed by atoms with Crippen LogP contribution in [0.15, 0.2) is 54.7 Å². The van der Waals surface area contributed by atoms with Crippen LogP contribution in [-0.4, -0.2) is 9.67 Å². The van der Waals surface area contributed by atoms with Gasteiger partial charge in [-0.3, -0.25) is 0 Å². The Bertz CT molecular complexity index is 695. The molecular weight excluding hydrogens is 234 g/mol. The minimum absolute atomic E-state index is 0.0963. The number of nitrogens with zero attached hydrogens (tertiary/aromatic N) is 1. The molecule has 0 unspecified atom stereocenters. The Morgan fingerprint density at radius 2 is 1.68 bits per heavy atom. The van der Waals surface area contributed by atoms with Gasteiger partial charge in [0.25, 0.3) is 0 Å². The molecule has 96 valence electrons. The molecule has 0 amide bonds. The van der Waals surface area contributed by atoms with E-state index in [0.717, 1.165) is 12.1 Å². The topological polar surface area (TPSA) is 25.2 Å². The van der Waals surface area contributed by atoms with Gasteiger partial charge in [-0.25, -0.2) is 0 Å². The molecule has 0 spiro atoms. The van der Waals surface area contributed by atoms with Crippen LogP contribution in [0.25, 0.3) is 10.9 Å². The van der Waals surface area contributed by atoms with Crippen LogP contribution in [0.5, 0.6) is 0 Å². The third-order valence-electron chi connectivity index (χ3n) is 3.49. The van der Waals surface area contributed by atoms with Crippen molar-refractivity contribution in [2.75, 3.05) is 0 Å². The first-order valence-corrected chi connectivity index (χ1v) is 6.50. The average Bonchev–Trinajstić information content (AvgIpc) is 2.83. The lowest BCUT2D eigenvalue weighted by Crippen LogP contribution is -1.97. The normalized spacial score (nSPS) is 11.1. The minimum Gasteiger partial charge on any atom is -0.392 e. The molecule has 0 saturated carbocycles. The number of aliphatic hydroxyl groups is 1. The number of benzene rings is 2. The molecule has 1 aromatic heterocycles. The molecule has 1 heterocycles. The molecule has 0 atom stereocenters. The zero-order valence-corrected chi connectivity index (χ0v) is 11.0. The first-order chi connectivity index (χ1) is 9.26. The van der Waals surface area contributed by atoms with Gasteiger partial charge in [0.05, 0.1) is 6.61 Å². The van der Waals surface area contributed by atoms with Gasteiger partial charge in [-0.1, -0.05) is 35.9 Å². The molecule has 0 saturated heterocycles. The number of hydrogen-bond acceptors (Lipinski definition) is 1. The van der Waals surface area contributed by atoms with E-state index in [4.69, 9.17) is 5.11 Å². The van der Waals surface area contributed by atoms with E-state index in [1.54, 1.807) is 0 Å². The Morgan fingerprint density at radius 3 is 2.42 bits per heavy atom. The molecule has 0 aliphatic carbocycles. The summed E-state index contributed by atoms with van der Waals surface area (Å²) in [7, 11) is 0. The van der Waals surface area contributed by atoms with E-state index in [2.05, 4.69) is 54.1 Å². The van der Waals surface area contributed by atoms with Gasteiger partial charge in [-0.05, 0) is 41.6 Å². The predicted molar refractivity (Wildman–Crippen MR) is 78.1 cm³/mol. The van der Waals surface area contributed by atoms with E-state index in [-0.39, 0.29) is 6.61 Å². The quantitative estimate of drug-likeness (QED) is 0.757. The minimum atomic E-state index is 0.0963. The van der Waals surface area contributed by atoms with E-state index in [0.29, 0.717) is 0 Å². The van der Waals surface area contributed by atoms with Gasteiger partial charge < -0.3 is 9.67 Å². The molecule has 3 rings (SSSR count). The van der Waals surface area contributed by atoms with Gasteiger partial charge in [0.2, 0.25) is 0 Å². The maximum Gasteiger partial charge on any atom is 0.0682 e. The average molecular weight is 251 g/mol. The smallest absolute Gasteiger partial charge is 0.0682 e. The Labute approximate surface area is 112 Å². The van der Waals surface area contributed by atoms with Crippen LogP contribution in [-0.2, 0) is 13.2 Å². The van der Waals surface area contributed by atoms with Crippen LogP contribution in [0, 0.1) is 6.92 Å². The number of aromatic nitrogens is 1. The summed E-state index contributed by atoms with van der Waals surface area (Å²) >= 11 is 0. The van der Waals surface area contributed by atoms with Crippen molar-refractivity contribution in [3.63, 3.8) is 0 Å². The van der Waals surface area contributed by atoms with Crippen LogP contribution in [0.4, 0.5) is 0 Å². The highest BCUT2D eigenvalue weighted by atomic mass is 16.3. The second-order valence-electron chi connectivity index (χ2n) is 4.98. The van der Waals surface area contributed by atoms with Crippen molar-refractivity contribution < 1.29 is 5.11 Å². The van der Waals surface area contributed by atoms with Crippen LogP contribution in [0.1, 0.15) is 16.7 Å². The fourth-order valence-corrected chi connectivity index (χ4v) is 2.38. The highest BCUT2D eigenvalue weighted by Crippen LogP contribution is 2.19. The third kappa shape index (κ3) is 2.40. The Balaban J connectivity index is 1.95. The highest BCUT2D eigenvalue weighted by molar-refractivity contribution is 5.81. The summed E-state index contributed by atoms with van der Waals surface area (Å²) in [6.07, 6.45) is 2.10. The molecule has 2 nitrogen and oxygen atoms in total. The number of aryl methyl sites for hydroxylation is 1. The van der Waals surface area contributed by atoms with E-state index >= 15 is 0 Å². The van der Waals surface area contributed by atoms with Crippen molar-refractivity contribution in [1.82, 2.24) is 4.57 Å². The molecule has 3 aromatic rings. The largest absolute Gasteiger partial charge is 0.392 e. The Hall–Kier alpha value is -2.06. The summed E-state index contributed by atoms with van der Waals surface area (Å²) in [4.78, 5) is 0. The summed E-state index contributed by atoms with van der Waals surface area (Å²) in [6.45, 7) is 3.08. The van der Waals surface area contributed by atoms with E-state index in [9.17, 15) is 0 Å². The maximum absolute atomic E-state index is 9.16. The van der Waals surface area contributed by atoms with Gasteiger partial charge >= 0.3 is 0 Å².